The number of nitro benzene ring substituents is 1. The highest BCUT2D eigenvalue weighted by Gasteiger charge is 2.12. The van der Waals surface area contributed by atoms with Crippen LogP contribution in [0.15, 0.2) is 29.3 Å². The molecule has 0 aliphatic heterocycles. The van der Waals surface area contributed by atoms with E-state index in [0.29, 0.717) is 12.5 Å². The minimum Gasteiger partial charge on any atom is -0.356 e. The van der Waals surface area contributed by atoms with E-state index in [0.717, 1.165) is 18.1 Å². The Bertz CT molecular complexity index is 516. The van der Waals surface area contributed by atoms with Crippen molar-refractivity contribution in [1.82, 2.24) is 10.6 Å². The van der Waals surface area contributed by atoms with Gasteiger partial charge in [0.1, 0.15) is 0 Å². The van der Waals surface area contributed by atoms with E-state index in [1.165, 1.54) is 12.1 Å². The summed E-state index contributed by atoms with van der Waals surface area (Å²) in [5, 5.41) is 17.3. The predicted molar refractivity (Wildman–Crippen MR) is 90.0 cm³/mol. The minimum atomic E-state index is -0.399. The SMILES string of the molecule is CC(C)CNC(=NCc1ccc([N+](=O)[O-])cc1)NC(C)(C)C. The zero-order valence-corrected chi connectivity index (χ0v) is 14.0. The number of non-ortho nitro benzene ring substituents is 1. The predicted octanol–water partition coefficient (Wildman–Crippen LogP) is 3.08. The molecule has 6 heteroatoms. The first-order chi connectivity index (χ1) is 10.2. The third kappa shape index (κ3) is 7.06. The molecule has 0 saturated carbocycles. The van der Waals surface area contributed by atoms with Gasteiger partial charge in [-0.05, 0) is 32.3 Å². The zero-order chi connectivity index (χ0) is 16.8. The van der Waals surface area contributed by atoms with Gasteiger partial charge in [0, 0.05) is 24.2 Å². The number of hydrogen-bond acceptors (Lipinski definition) is 3. The molecule has 0 atom stereocenters. The first-order valence-electron chi connectivity index (χ1n) is 7.47. The second-order valence-corrected chi connectivity index (χ2v) is 6.74. The number of hydrogen-bond donors (Lipinski definition) is 2. The van der Waals surface area contributed by atoms with Crippen molar-refractivity contribution in [1.29, 1.82) is 0 Å². The molecule has 0 aliphatic carbocycles. The van der Waals surface area contributed by atoms with Crippen molar-refractivity contribution < 1.29 is 4.92 Å². The van der Waals surface area contributed by atoms with E-state index < -0.39 is 4.92 Å². The first kappa shape index (κ1) is 17.9. The van der Waals surface area contributed by atoms with Gasteiger partial charge in [-0.25, -0.2) is 4.99 Å². The summed E-state index contributed by atoms with van der Waals surface area (Å²) in [5.41, 5.74) is 0.946. The molecule has 6 nitrogen and oxygen atoms in total. The Morgan fingerprint density at radius 3 is 2.32 bits per heavy atom. The van der Waals surface area contributed by atoms with Crippen LogP contribution >= 0.6 is 0 Å². The van der Waals surface area contributed by atoms with Crippen LogP contribution in [0.4, 0.5) is 5.69 Å². The standard InChI is InChI=1S/C16H26N4O2/c1-12(2)10-17-15(19-16(3,4)5)18-11-13-6-8-14(9-7-13)20(21)22/h6-9,12H,10-11H2,1-5H3,(H2,17,18,19). The van der Waals surface area contributed by atoms with Crippen LogP contribution in [0.5, 0.6) is 0 Å². The van der Waals surface area contributed by atoms with Crippen LogP contribution in [-0.2, 0) is 6.54 Å². The number of nitrogens with zero attached hydrogens (tertiary/aromatic N) is 2. The van der Waals surface area contributed by atoms with Crippen LogP contribution < -0.4 is 10.6 Å². The largest absolute Gasteiger partial charge is 0.356 e. The maximum atomic E-state index is 10.6. The maximum absolute atomic E-state index is 10.6. The van der Waals surface area contributed by atoms with Crippen molar-refractivity contribution in [2.45, 2.75) is 46.7 Å². The fourth-order valence-corrected chi connectivity index (χ4v) is 1.69. The summed E-state index contributed by atoms with van der Waals surface area (Å²) >= 11 is 0. The zero-order valence-electron chi connectivity index (χ0n) is 14.0. The highest BCUT2D eigenvalue weighted by molar-refractivity contribution is 5.80. The van der Waals surface area contributed by atoms with E-state index in [4.69, 9.17) is 0 Å². The molecule has 0 aliphatic rings. The number of rotatable bonds is 5. The quantitative estimate of drug-likeness (QED) is 0.379. The van der Waals surface area contributed by atoms with Gasteiger partial charge < -0.3 is 10.6 Å². The maximum Gasteiger partial charge on any atom is 0.269 e. The third-order valence-electron chi connectivity index (χ3n) is 2.74. The summed E-state index contributed by atoms with van der Waals surface area (Å²) in [5.74, 6) is 1.27. The van der Waals surface area contributed by atoms with Gasteiger partial charge in [-0.1, -0.05) is 26.0 Å². The fourth-order valence-electron chi connectivity index (χ4n) is 1.69. The van der Waals surface area contributed by atoms with Gasteiger partial charge in [0.25, 0.3) is 5.69 Å². The Hall–Kier alpha value is -2.11. The first-order valence-corrected chi connectivity index (χ1v) is 7.47. The summed E-state index contributed by atoms with van der Waals surface area (Å²) in [4.78, 5) is 14.8. The number of nitro groups is 1. The summed E-state index contributed by atoms with van der Waals surface area (Å²) in [6.45, 7) is 11.8. The van der Waals surface area contributed by atoms with Gasteiger partial charge >= 0.3 is 0 Å². The van der Waals surface area contributed by atoms with Gasteiger partial charge in [0.15, 0.2) is 5.96 Å². The molecule has 22 heavy (non-hydrogen) atoms. The number of benzene rings is 1. The van der Waals surface area contributed by atoms with Crippen LogP contribution in [0.25, 0.3) is 0 Å². The summed E-state index contributed by atoms with van der Waals surface area (Å²) < 4.78 is 0. The molecule has 1 aromatic carbocycles. The molecule has 0 saturated heterocycles. The fraction of sp³-hybridized carbons (Fsp3) is 0.562. The molecule has 0 bridgehead atoms. The van der Waals surface area contributed by atoms with Crippen molar-refractivity contribution in [3.8, 4) is 0 Å². The lowest BCUT2D eigenvalue weighted by Gasteiger charge is -2.24. The van der Waals surface area contributed by atoms with Crippen LogP contribution in [0.2, 0.25) is 0 Å². The molecular weight excluding hydrogens is 280 g/mol. The molecule has 0 amide bonds. The Morgan fingerprint density at radius 1 is 1.27 bits per heavy atom. The van der Waals surface area contributed by atoms with E-state index in [9.17, 15) is 10.1 Å². The van der Waals surface area contributed by atoms with E-state index >= 15 is 0 Å². The molecular formula is C16H26N4O2. The molecule has 1 rings (SSSR count). The van der Waals surface area contributed by atoms with E-state index in [-0.39, 0.29) is 11.2 Å². The smallest absolute Gasteiger partial charge is 0.269 e. The summed E-state index contributed by atoms with van der Waals surface area (Å²) in [6, 6.07) is 6.48. The normalized spacial score (nSPS) is 12.4. The molecule has 0 aromatic heterocycles. The van der Waals surface area contributed by atoms with Gasteiger partial charge in [-0.2, -0.15) is 0 Å². The molecule has 0 unspecified atom stereocenters. The van der Waals surface area contributed by atoms with Crippen molar-refractivity contribution in [3.63, 3.8) is 0 Å². The van der Waals surface area contributed by atoms with Gasteiger partial charge in [0.05, 0.1) is 11.5 Å². The molecule has 0 heterocycles. The van der Waals surface area contributed by atoms with Crippen LogP contribution in [0.3, 0.4) is 0 Å². The second-order valence-electron chi connectivity index (χ2n) is 6.74. The van der Waals surface area contributed by atoms with Crippen molar-refractivity contribution in [2.75, 3.05) is 6.54 Å². The average Bonchev–Trinajstić information content (AvgIpc) is 2.40. The second kappa shape index (κ2) is 7.77. The summed E-state index contributed by atoms with van der Waals surface area (Å²) in [6.07, 6.45) is 0. The van der Waals surface area contributed by atoms with Crippen molar-refractivity contribution >= 4 is 11.6 Å². The molecule has 2 N–H and O–H groups in total. The Labute approximate surface area is 132 Å². The highest BCUT2D eigenvalue weighted by Crippen LogP contribution is 2.12. The number of guanidine groups is 1. The highest BCUT2D eigenvalue weighted by atomic mass is 16.6. The Kier molecular flexibility index (Phi) is 6.34. The topological polar surface area (TPSA) is 79.6 Å². The van der Waals surface area contributed by atoms with E-state index in [2.05, 4.69) is 50.2 Å². The Balaban J connectivity index is 2.75. The average molecular weight is 306 g/mol. The van der Waals surface area contributed by atoms with Crippen LogP contribution in [0.1, 0.15) is 40.2 Å². The molecule has 1 aromatic rings. The minimum absolute atomic E-state index is 0.0850. The van der Waals surface area contributed by atoms with Crippen molar-refractivity contribution in [2.24, 2.45) is 10.9 Å². The van der Waals surface area contributed by atoms with Crippen molar-refractivity contribution in [3.05, 3.63) is 39.9 Å². The van der Waals surface area contributed by atoms with Crippen LogP contribution in [0, 0.1) is 16.0 Å². The molecule has 0 fully saturated rings. The van der Waals surface area contributed by atoms with Gasteiger partial charge in [-0.15, -0.1) is 0 Å². The van der Waals surface area contributed by atoms with Gasteiger partial charge in [-0.3, -0.25) is 10.1 Å². The molecule has 122 valence electrons. The van der Waals surface area contributed by atoms with E-state index in [1.807, 2.05) is 0 Å². The van der Waals surface area contributed by atoms with E-state index in [1.54, 1.807) is 12.1 Å². The molecule has 0 radical (unpaired) electrons. The Morgan fingerprint density at radius 2 is 1.86 bits per heavy atom. The lowest BCUT2D eigenvalue weighted by molar-refractivity contribution is -0.384. The number of nitrogens with one attached hydrogen (secondary N) is 2. The van der Waals surface area contributed by atoms with Gasteiger partial charge in [0.2, 0.25) is 0 Å². The lowest BCUT2D eigenvalue weighted by Crippen LogP contribution is -2.48. The third-order valence-corrected chi connectivity index (χ3v) is 2.74. The summed E-state index contributed by atoms with van der Waals surface area (Å²) in [7, 11) is 0. The molecule has 0 spiro atoms. The lowest BCUT2D eigenvalue weighted by atomic mass is 10.1. The monoisotopic (exact) mass is 306 g/mol. The number of aliphatic imine (C=N–C) groups is 1. The van der Waals surface area contributed by atoms with Crippen LogP contribution in [-0.4, -0.2) is 23.0 Å².